The summed E-state index contributed by atoms with van der Waals surface area (Å²) >= 11 is 1.43. The summed E-state index contributed by atoms with van der Waals surface area (Å²) in [6.07, 6.45) is 0.945. The van der Waals surface area contributed by atoms with Crippen molar-refractivity contribution in [3.05, 3.63) is 89.2 Å². The highest BCUT2D eigenvalue weighted by Crippen LogP contribution is 2.24. The highest BCUT2D eigenvalue weighted by molar-refractivity contribution is 7.99. The fraction of sp³-hybridized carbons (Fsp3) is 0.240. The molecule has 0 aliphatic heterocycles. The van der Waals surface area contributed by atoms with E-state index < -0.39 is 0 Å². The van der Waals surface area contributed by atoms with Gasteiger partial charge in [-0.3, -0.25) is 4.79 Å². The van der Waals surface area contributed by atoms with Gasteiger partial charge in [0.2, 0.25) is 0 Å². The van der Waals surface area contributed by atoms with Crippen LogP contribution in [-0.2, 0) is 20.0 Å². The Morgan fingerprint density at radius 3 is 2.35 bits per heavy atom. The number of hydrogen-bond acceptors (Lipinski definition) is 4. The predicted molar refractivity (Wildman–Crippen MR) is 126 cm³/mol. The minimum absolute atomic E-state index is 0.119. The van der Waals surface area contributed by atoms with Crippen LogP contribution in [0.15, 0.2) is 71.9 Å². The Morgan fingerprint density at radius 2 is 1.65 bits per heavy atom. The molecule has 5 nitrogen and oxygen atoms in total. The summed E-state index contributed by atoms with van der Waals surface area (Å²) in [4.78, 5) is 13.0. The van der Waals surface area contributed by atoms with Crippen molar-refractivity contribution in [1.82, 2.24) is 19.3 Å². The molecule has 158 valence electrons. The summed E-state index contributed by atoms with van der Waals surface area (Å²) in [6.45, 7) is 4.97. The molecular weight excluding hydrogens is 404 g/mol. The third-order valence-corrected chi connectivity index (χ3v) is 6.56. The maximum absolute atomic E-state index is 13.0. The Bertz CT molecular complexity index is 1180. The first-order chi connectivity index (χ1) is 15.0. The van der Waals surface area contributed by atoms with E-state index in [1.165, 1.54) is 17.3 Å². The van der Waals surface area contributed by atoms with Crippen LogP contribution in [0.3, 0.4) is 0 Å². The molecule has 0 aliphatic rings. The van der Waals surface area contributed by atoms with Crippen molar-refractivity contribution in [3.8, 4) is 11.4 Å². The Labute approximate surface area is 187 Å². The lowest BCUT2D eigenvalue weighted by Crippen LogP contribution is -2.08. The van der Waals surface area contributed by atoms with Gasteiger partial charge >= 0.3 is 0 Å². The number of nitrogens with zero attached hydrogens (tertiary/aromatic N) is 4. The smallest absolute Gasteiger partial charge is 0.191 e. The lowest BCUT2D eigenvalue weighted by molar-refractivity contribution is 0.102. The van der Waals surface area contributed by atoms with E-state index in [0.29, 0.717) is 5.75 Å². The molecule has 6 heteroatoms. The molecule has 0 fully saturated rings. The molecule has 0 bridgehead atoms. The number of carbonyl (C=O) groups excluding carboxylic acids is 1. The summed E-state index contributed by atoms with van der Waals surface area (Å²) in [7, 11) is 1.94. The van der Waals surface area contributed by atoms with Gasteiger partial charge in [-0.1, -0.05) is 72.4 Å². The molecule has 4 rings (SSSR count). The van der Waals surface area contributed by atoms with E-state index in [1.54, 1.807) is 0 Å². The maximum Gasteiger partial charge on any atom is 0.191 e. The molecule has 0 amide bonds. The summed E-state index contributed by atoms with van der Waals surface area (Å²) in [5.41, 5.74) is 5.25. The van der Waals surface area contributed by atoms with E-state index in [-0.39, 0.29) is 5.78 Å². The predicted octanol–water partition coefficient (Wildman–Crippen LogP) is 5.12. The minimum Gasteiger partial charge on any atom is -0.348 e. The van der Waals surface area contributed by atoms with E-state index in [9.17, 15) is 4.79 Å². The van der Waals surface area contributed by atoms with Gasteiger partial charge in [-0.25, -0.2) is 0 Å². The van der Waals surface area contributed by atoms with Gasteiger partial charge in [0.1, 0.15) is 0 Å². The van der Waals surface area contributed by atoms with Gasteiger partial charge < -0.3 is 9.13 Å². The molecule has 0 N–H and O–H groups in total. The third-order valence-electron chi connectivity index (χ3n) is 5.54. The molecule has 0 aliphatic carbocycles. The van der Waals surface area contributed by atoms with Gasteiger partial charge in [0.15, 0.2) is 16.8 Å². The Balaban J connectivity index is 1.43. The molecule has 31 heavy (non-hydrogen) atoms. The van der Waals surface area contributed by atoms with Crippen molar-refractivity contribution >= 4 is 17.5 Å². The van der Waals surface area contributed by atoms with Crippen LogP contribution >= 0.6 is 11.8 Å². The van der Waals surface area contributed by atoms with Gasteiger partial charge in [0.25, 0.3) is 0 Å². The average Bonchev–Trinajstić information content (AvgIpc) is 3.30. The monoisotopic (exact) mass is 430 g/mol. The Hall–Kier alpha value is -3.12. The summed E-state index contributed by atoms with van der Waals surface area (Å²) in [5.74, 6) is 1.26. The van der Waals surface area contributed by atoms with Crippen molar-refractivity contribution in [2.45, 2.75) is 32.0 Å². The Morgan fingerprint density at radius 1 is 0.968 bits per heavy atom. The molecule has 0 saturated carbocycles. The van der Waals surface area contributed by atoms with E-state index in [1.807, 2.05) is 61.0 Å². The van der Waals surface area contributed by atoms with Crippen molar-refractivity contribution in [2.75, 3.05) is 5.75 Å². The van der Waals surface area contributed by atoms with Gasteiger partial charge in [0, 0.05) is 36.1 Å². The van der Waals surface area contributed by atoms with E-state index in [4.69, 9.17) is 0 Å². The van der Waals surface area contributed by atoms with Crippen LogP contribution < -0.4 is 0 Å². The van der Waals surface area contributed by atoms with Crippen molar-refractivity contribution in [1.29, 1.82) is 0 Å². The van der Waals surface area contributed by atoms with Crippen LogP contribution in [0.2, 0.25) is 0 Å². The van der Waals surface area contributed by atoms with Gasteiger partial charge in [-0.15, -0.1) is 10.2 Å². The van der Waals surface area contributed by atoms with Crippen molar-refractivity contribution in [2.24, 2.45) is 7.05 Å². The highest BCUT2D eigenvalue weighted by atomic mass is 32.2. The quantitative estimate of drug-likeness (QED) is 0.288. The number of ketones is 1. The number of aryl methyl sites for hydroxylation is 2. The number of Topliss-reactive ketones (excluding diaryl/α,β-unsaturated/α-hetero) is 1. The first-order valence-electron chi connectivity index (χ1n) is 10.4. The number of aromatic nitrogens is 4. The topological polar surface area (TPSA) is 52.7 Å². The van der Waals surface area contributed by atoms with E-state index in [0.717, 1.165) is 46.5 Å². The van der Waals surface area contributed by atoms with Gasteiger partial charge in [-0.05, 0) is 31.9 Å². The number of rotatable bonds is 8. The van der Waals surface area contributed by atoms with Crippen LogP contribution in [0.1, 0.15) is 27.3 Å². The van der Waals surface area contributed by atoms with E-state index >= 15 is 0 Å². The molecule has 0 spiro atoms. The highest BCUT2D eigenvalue weighted by Gasteiger charge is 2.18. The second kappa shape index (κ2) is 9.35. The van der Waals surface area contributed by atoms with Crippen LogP contribution in [0.5, 0.6) is 0 Å². The maximum atomic E-state index is 13.0. The van der Waals surface area contributed by atoms with Gasteiger partial charge in [0.05, 0.1) is 5.75 Å². The van der Waals surface area contributed by atoms with Crippen LogP contribution in [0, 0.1) is 13.8 Å². The molecule has 2 heterocycles. The summed E-state index contributed by atoms with van der Waals surface area (Å²) in [5, 5.41) is 9.33. The van der Waals surface area contributed by atoms with Crippen molar-refractivity contribution < 1.29 is 4.79 Å². The molecule has 0 atom stereocenters. The fourth-order valence-electron chi connectivity index (χ4n) is 3.80. The summed E-state index contributed by atoms with van der Waals surface area (Å²) in [6, 6.07) is 22.4. The second-order valence-electron chi connectivity index (χ2n) is 7.62. The zero-order valence-corrected chi connectivity index (χ0v) is 18.9. The number of benzene rings is 2. The zero-order chi connectivity index (χ0) is 21.8. The van der Waals surface area contributed by atoms with E-state index in [2.05, 4.69) is 46.0 Å². The molecule has 0 unspecified atom stereocenters. The van der Waals surface area contributed by atoms with Crippen LogP contribution in [0.25, 0.3) is 11.4 Å². The SMILES string of the molecule is Cc1cc(C(=O)CSc2nnc(-c3ccccc3)n2C)c(C)n1CCc1ccccc1. The molecule has 0 radical (unpaired) electrons. The Kier molecular flexibility index (Phi) is 6.37. The number of hydrogen-bond donors (Lipinski definition) is 0. The minimum atomic E-state index is 0.119. The summed E-state index contributed by atoms with van der Waals surface area (Å²) < 4.78 is 4.18. The second-order valence-corrected chi connectivity index (χ2v) is 8.56. The number of carbonyl (C=O) groups is 1. The van der Waals surface area contributed by atoms with Gasteiger partial charge in [-0.2, -0.15) is 0 Å². The van der Waals surface area contributed by atoms with Crippen molar-refractivity contribution in [3.63, 3.8) is 0 Å². The first-order valence-corrected chi connectivity index (χ1v) is 11.3. The van der Waals surface area contributed by atoms with Crippen LogP contribution in [0.4, 0.5) is 0 Å². The molecular formula is C25H26N4OS. The molecule has 2 aromatic carbocycles. The van der Waals surface area contributed by atoms with Crippen LogP contribution in [-0.4, -0.2) is 30.9 Å². The lowest BCUT2D eigenvalue weighted by atomic mass is 10.1. The normalized spacial score (nSPS) is 11.1. The third kappa shape index (κ3) is 4.64. The fourth-order valence-corrected chi connectivity index (χ4v) is 4.59. The first kappa shape index (κ1) is 21.1. The largest absolute Gasteiger partial charge is 0.348 e. The number of thioether (sulfide) groups is 1. The lowest BCUT2D eigenvalue weighted by Gasteiger charge is -2.10. The standard InChI is InChI=1S/C25H26N4OS/c1-18-16-22(19(2)29(18)15-14-20-10-6-4-7-11-20)23(30)17-31-25-27-26-24(28(25)3)21-12-8-5-9-13-21/h4-13,16H,14-15,17H2,1-3H3. The molecule has 2 aromatic heterocycles. The molecule has 0 saturated heterocycles. The molecule has 4 aromatic rings. The average molecular weight is 431 g/mol. The zero-order valence-electron chi connectivity index (χ0n) is 18.1.